The molecule has 1 saturated heterocycles. The van der Waals surface area contributed by atoms with Gasteiger partial charge >= 0.3 is 5.97 Å². The highest BCUT2D eigenvalue weighted by Crippen LogP contribution is 2.33. The number of piperidine rings is 1. The SMILES string of the molecule is CC#CCCC1(C(=O)O)CCNCC1. The Kier molecular flexibility index (Phi) is 3.97. The molecule has 0 aromatic carbocycles. The topological polar surface area (TPSA) is 49.3 Å². The molecule has 3 heteroatoms. The van der Waals surface area contributed by atoms with Crippen LogP contribution in [-0.2, 0) is 4.79 Å². The molecule has 0 amide bonds. The van der Waals surface area contributed by atoms with E-state index in [1.807, 2.05) is 0 Å². The maximum atomic E-state index is 11.2. The van der Waals surface area contributed by atoms with Gasteiger partial charge in [-0.05, 0) is 39.3 Å². The second-order valence-corrected chi connectivity index (χ2v) is 3.76. The van der Waals surface area contributed by atoms with E-state index in [1.54, 1.807) is 6.92 Å². The van der Waals surface area contributed by atoms with E-state index in [0.717, 1.165) is 25.9 Å². The number of hydrogen-bond acceptors (Lipinski definition) is 2. The van der Waals surface area contributed by atoms with Crippen LogP contribution in [0.15, 0.2) is 0 Å². The quantitative estimate of drug-likeness (QED) is 0.666. The van der Waals surface area contributed by atoms with Gasteiger partial charge in [-0.3, -0.25) is 4.79 Å². The van der Waals surface area contributed by atoms with Crippen LogP contribution in [0.4, 0.5) is 0 Å². The molecule has 1 heterocycles. The molecule has 0 saturated carbocycles. The van der Waals surface area contributed by atoms with Crippen LogP contribution >= 0.6 is 0 Å². The summed E-state index contributed by atoms with van der Waals surface area (Å²) in [5.74, 6) is 5.09. The van der Waals surface area contributed by atoms with Gasteiger partial charge in [-0.1, -0.05) is 0 Å². The number of carboxylic acid groups (broad SMARTS) is 1. The summed E-state index contributed by atoms with van der Waals surface area (Å²) >= 11 is 0. The summed E-state index contributed by atoms with van der Waals surface area (Å²) in [6, 6.07) is 0. The highest BCUT2D eigenvalue weighted by molar-refractivity contribution is 5.74. The van der Waals surface area contributed by atoms with Crippen molar-refractivity contribution >= 4 is 5.97 Å². The summed E-state index contributed by atoms with van der Waals surface area (Å²) in [4.78, 5) is 11.2. The average Bonchev–Trinajstić information content (AvgIpc) is 2.19. The Morgan fingerprint density at radius 2 is 2.14 bits per heavy atom. The van der Waals surface area contributed by atoms with E-state index in [1.165, 1.54) is 0 Å². The first kappa shape index (κ1) is 11.1. The van der Waals surface area contributed by atoms with Crippen molar-refractivity contribution in [1.82, 2.24) is 5.32 Å². The van der Waals surface area contributed by atoms with Crippen molar-refractivity contribution < 1.29 is 9.90 Å². The van der Waals surface area contributed by atoms with Gasteiger partial charge in [0.1, 0.15) is 0 Å². The largest absolute Gasteiger partial charge is 0.481 e. The van der Waals surface area contributed by atoms with Crippen LogP contribution < -0.4 is 5.32 Å². The predicted octanol–water partition coefficient (Wildman–Crippen LogP) is 1.24. The molecule has 0 radical (unpaired) electrons. The third kappa shape index (κ3) is 2.49. The predicted molar refractivity (Wildman–Crippen MR) is 54.9 cm³/mol. The number of carbonyl (C=O) groups is 1. The Bertz CT molecular complexity index is 256. The van der Waals surface area contributed by atoms with Gasteiger partial charge < -0.3 is 10.4 Å². The van der Waals surface area contributed by atoms with Crippen molar-refractivity contribution in [1.29, 1.82) is 0 Å². The van der Waals surface area contributed by atoms with Crippen molar-refractivity contribution in [3.63, 3.8) is 0 Å². The lowest BCUT2D eigenvalue weighted by Gasteiger charge is -2.33. The fourth-order valence-corrected chi connectivity index (χ4v) is 1.90. The van der Waals surface area contributed by atoms with Gasteiger partial charge in [0.2, 0.25) is 0 Å². The van der Waals surface area contributed by atoms with E-state index in [9.17, 15) is 9.90 Å². The van der Waals surface area contributed by atoms with Crippen LogP contribution in [-0.4, -0.2) is 24.2 Å². The lowest BCUT2D eigenvalue weighted by atomic mass is 9.75. The molecule has 0 aromatic rings. The maximum absolute atomic E-state index is 11.2. The zero-order chi connectivity index (χ0) is 10.4. The number of nitrogens with one attached hydrogen (secondary N) is 1. The Labute approximate surface area is 84.9 Å². The molecule has 1 aliphatic heterocycles. The van der Waals surface area contributed by atoms with E-state index in [4.69, 9.17) is 0 Å². The number of hydrogen-bond donors (Lipinski definition) is 2. The van der Waals surface area contributed by atoms with Crippen LogP contribution in [0.3, 0.4) is 0 Å². The molecular formula is C11H17NO2. The van der Waals surface area contributed by atoms with E-state index in [0.29, 0.717) is 12.8 Å². The average molecular weight is 195 g/mol. The standard InChI is InChI=1S/C11H17NO2/c1-2-3-4-5-11(10(13)14)6-8-12-9-7-11/h12H,4-9H2,1H3,(H,13,14). The number of carboxylic acids is 1. The summed E-state index contributed by atoms with van der Waals surface area (Å²) in [6.07, 6.45) is 2.84. The van der Waals surface area contributed by atoms with Crippen LogP contribution in [0.2, 0.25) is 0 Å². The zero-order valence-corrected chi connectivity index (χ0v) is 8.60. The summed E-state index contributed by atoms with van der Waals surface area (Å²) < 4.78 is 0. The zero-order valence-electron chi connectivity index (χ0n) is 8.60. The second kappa shape index (κ2) is 5.02. The minimum Gasteiger partial charge on any atom is -0.481 e. The van der Waals surface area contributed by atoms with E-state index in [-0.39, 0.29) is 0 Å². The first-order chi connectivity index (χ1) is 6.71. The molecule has 14 heavy (non-hydrogen) atoms. The molecule has 1 fully saturated rings. The van der Waals surface area contributed by atoms with E-state index >= 15 is 0 Å². The Balaban J connectivity index is 2.59. The van der Waals surface area contributed by atoms with Gasteiger partial charge in [0, 0.05) is 6.42 Å². The van der Waals surface area contributed by atoms with Crippen molar-refractivity contribution in [2.24, 2.45) is 5.41 Å². The minimum absolute atomic E-state index is 0.519. The third-order valence-corrected chi connectivity index (χ3v) is 2.92. The third-order valence-electron chi connectivity index (χ3n) is 2.92. The van der Waals surface area contributed by atoms with Gasteiger partial charge in [-0.25, -0.2) is 0 Å². The maximum Gasteiger partial charge on any atom is 0.309 e. The Hall–Kier alpha value is -1.01. The van der Waals surface area contributed by atoms with Crippen LogP contribution in [0.25, 0.3) is 0 Å². The second-order valence-electron chi connectivity index (χ2n) is 3.76. The van der Waals surface area contributed by atoms with Crippen LogP contribution in [0, 0.1) is 17.3 Å². The lowest BCUT2D eigenvalue weighted by Crippen LogP contribution is -2.42. The van der Waals surface area contributed by atoms with Crippen molar-refractivity contribution in [3.05, 3.63) is 0 Å². The minimum atomic E-state index is -0.656. The molecule has 3 nitrogen and oxygen atoms in total. The fourth-order valence-electron chi connectivity index (χ4n) is 1.90. The highest BCUT2D eigenvalue weighted by Gasteiger charge is 2.38. The number of rotatable bonds is 3. The molecule has 0 unspecified atom stereocenters. The lowest BCUT2D eigenvalue weighted by molar-refractivity contribution is -0.151. The van der Waals surface area contributed by atoms with E-state index in [2.05, 4.69) is 17.2 Å². The highest BCUT2D eigenvalue weighted by atomic mass is 16.4. The van der Waals surface area contributed by atoms with Crippen LogP contribution in [0.5, 0.6) is 0 Å². The molecule has 2 N–H and O–H groups in total. The van der Waals surface area contributed by atoms with Gasteiger partial charge in [0.25, 0.3) is 0 Å². The van der Waals surface area contributed by atoms with Gasteiger partial charge in [0.05, 0.1) is 5.41 Å². The van der Waals surface area contributed by atoms with Crippen molar-refractivity contribution in [2.75, 3.05) is 13.1 Å². The Morgan fingerprint density at radius 3 is 2.64 bits per heavy atom. The van der Waals surface area contributed by atoms with Gasteiger partial charge in [0.15, 0.2) is 0 Å². The van der Waals surface area contributed by atoms with Crippen molar-refractivity contribution in [3.8, 4) is 11.8 Å². The molecule has 0 atom stereocenters. The molecule has 0 aliphatic carbocycles. The normalized spacial score (nSPS) is 19.5. The van der Waals surface area contributed by atoms with Gasteiger partial charge in [-0.15, -0.1) is 11.8 Å². The summed E-state index contributed by atoms with van der Waals surface area (Å²) in [6.45, 7) is 3.41. The van der Waals surface area contributed by atoms with E-state index < -0.39 is 11.4 Å². The molecule has 0 bridgehead atoms. The molecule has 1 aliphatic rings. The molecule has 1 rings (SSSR count). The first-order valence-corrected chi connectivity index (χ1v) is 5.05. The summed E-state index contributed by atoms with van der Waals surface area (Å²) in [5, 5.41) is 12.4. The van der Waals surface area contributed by atoms with Crippen molar-refractivity contribution in [2.45, 2.75) is 32.6 Å². The smallest absolute Gasteiger partial charge is 0.309 e. The molecule has 0 spiro atoms. The Morgan fingerprint density at radius 1 is 1.50 bits per heavy atom. The molecule has 0 aromatic heterocycles. The molecule has 78 valence electrons. The van der Waals surface area contributed by atoms with Crippen LogP contribution in [0.1, 0.15) is 32.6 Å². The fraction of sp³-hybridized carbons (Fsp3) is 0.727. The molecular weight excluding hydrogens is 178 g/mol. The summed E-state index contributed by atoms with van der Waals surface area (Å²) in [5.41, 5.74) is -0.519. The first-order valence-electron chi connectivity index (χ1n) is 5.05. The summed E-state index contributed by atoms with van der Waals surface area (Å²) in [7, 11) is 0. The van der Waals surface area contributed by atoms with Gasteiger partial charge in [-0.2, -0.15) is 0 Å². The number of aliphatic carboxylic acids is 1. The monoisotopic (exact) mass is 195 g/mol.